The fourth-order valence-corrected chi connectivity index (χ4v) is 2.70. The van der Waals surface area contributed by atoms with Gasteiger partial charge in [-0.15, -0.1) is 11.3 Å². The first-order valence-electron chi connectivity index (χ1n) is 5.82. The van der Waals surface area contributed by atoms with E-state index in [0.717, 1.165) is 17.1 Å². The zero-order chi connectivity index (χ0) is 13.1. The molecule has 1 unspecified atom stereocenters. The molecule has 18 heavy (non-hydrogen) atoms. The van der Waals surface area contributed by atoms with Gasteiger partial charge in [0, 0.05) is 35.4 Å². The summed E-state index contributed by atoms with van der Waals surface area (Å²) in [6.45, 7) is 2.18. The van der Waals surface area contributed by atoms with E-state index >= 15 is 0 Å². The molecular formula is C14H18N2OS. The van der Waals surface area contributed by atoms with E-state index in [1.54, 1.807) is 18.4 Å². The molecule has 0 saturated carbocycles. The van der Waals surface area contributed by atoms with E-state index < -0.39 is 0 Å². The summed E-state index contributed by atoms with van der Waals surface area (Å²) in [4.78, 5) is 3.53. The third-order valence-corrected chi connectivity index (χ3v) is 4.14. The summed E-state index contributed by atoms with van der Waals surface area (Å²) >= 11 is 1.76. The van der Waals surface area contributed by atoms with Gasteiger partial charge in [0.05, 0.1) is 13.2 Å². The summed E-state index contributed by atoms with van der Waals surface area (Å²) in [5.41, 5.74) is 7.67. The van der Waals surface area contributed by atoms with Crippen molar-refractivity contribution >= 4 is 22.7 Å². The number of hydrogen-bond donors (Lipinski definition) is 1. The van der Waals surface area contributed by atoms with Crippen LogP contribution in [0.25, 0.3) is 0 Å². The van der Waals surface area contributed by atoms with Gasteiger partial charge in [0.2, 0.25) is 0 Å². The van der Waals surface area contributed by atoms with Crippen molar-refractivity contribution in [1.29, 1.82) is 0 Å². The molecule has 3 nitrogen and oxygen atoms in total. The molecule has 0 saturated heterocycles. The van der Waals surface area contributed by atoms with E-state index in [1.807, 2.05) is 18.2 Å². The molecule has 0 amide bonds. The number of methoxy groups -OCH3 is 1. The first-order chi connectivity index (χ1) is 8.61. The Morgan fingerprint density at radius 1 is 1.33 bits per heavy atom. The normalized spacial score (nSPS) is 12.2. The standard InChI is InChI=1S/C14H18N2OS/c1-10(14-5-4-6-18-14)16(2)12-7-11(15)8-13(9-12)17-3/h4-10H,15H2,1-3H3. The smallest absolute Gasteiger partial charge is 0.122 e. The fourth-order valence-electron chi connectivity index (χ4n) is 1.87. The van der Waals surface area contributed by atoms with Crippen molar-refractivity contribution in [3.05, 3.63) is 40.6 Å². The predicted octanol–water partition coefficient (Wildman–Crippen LogP) is 3.54. The lowest BCUT2D eigenvalue weighted by atomic mass is 10.2. The van der Waals surface area contributed by atoms with Crippen LogP contribution >= 0.6 is 11.3 Å². The Hall–Kier alpha value is -1.68. The second-order valence-electron chi connectivity index (χ2n) is 4.27. The number of anilines is 2. The lowest BCUT2D eigenvalue weighted by molar-refractivity contribution is 0.415. The molecule has 2 aromatic rings. The van der Waals surface area contributed by atoms with Gasteiger partial charge < -0.3 is 15.4 Å². The van der Waals surface area contributed by atoms with E-state index in [1.165, 1.54) is 4.88 Å². The van der Waals surface area contributed by atoms with Crippen LogP contribution in [0.4, 0.5) is 11.4 Å². The number of nitrogen functional groups attached to an aromatic ring is 1. The van der Waals surface area contributed by atoms with Gasteiger partial charge in [0.15, 0.2) is 0 Å². The topological polar surface area (TPSA) is 38.5 Å². The van der Waals surface area contributed by atoms with Gasteiger partial charge >= 0.3 is 0 Å². The Bertz CT molecular complexity index is 511. The van der Waals surface area contributed by atoms with E-state index in [0.29, 0.717) is 6.04 Å². The van der Waals surface area contributed by atoms with E-state index in [2.05, 4.69) is 36.4 Å². The van der Waals surface area contributed by atoms with Crippen molar-refractivity contribution in [2.24, 2.45) is 0 Å². The first-order valence-corrected chi connectivity index (χ1v) is 6.70. The molecule has 4 heteroatoms. The van der Waals surface area contributed by atoms with Gasteiger partial charge in [-0.2, -0.15) is 0 Å². The highest BCUT2D eigenvalue weighted by atomic mass is 32.1. The van der Waals surface area contributed by atoms with Crippen LogP contribution in [-0.2, 0) is 0 Å². The molecule has 0 bridgehead atoms. The lowest BCUT2D eigenvalue weighted by Gasteiger charge is -2.27. The van der Waals surface area contributed by atoms with Crippen molar-refractivity contribution in [1.82, 2.24) is 0 Å². The van der Waals surface area contributed by atoms with Gasteiger partial charge in [-0.1, -0.05) is 6.07 Å². The number of nitrogens with two attached hydrogens (primary N) is 1. The number of ether oxygens (including phenoxy) is 1. The van der Waals surface area contributed by atoms with E-state index in [-0.39, 0.29) is 0 Å². The molecule has 0 radical (unpaired) electrons. The summed E-state index contributed by atoms with van der Waals surface area (Å²) in [6, 6.07) is 10.3. The largest absolute Gasteiger partial charge is 0.497 e. The molecule has 1 aromatic carbocycles. The van der Waals surface area contributed by atoms with Crippen LogP contribution in [0.3, 0.4) is 0 Å². The van der Waals surface area contributed by atoms with Crippen LogP contribution in [0, 0.1) is 0 Å². The number of benzene rings is 1. The summed E-state index contributed by atoms with van der Waals surface area (Å²) in [5, 5.41) is 2.10. The minimum absolute atomic E-state index is 0.316. The summed E-state index contributed by atoms with van der Waals surface area (Å²) in [5.74, 6) is 0.787. The highest BCUT2D eigenvalue weighted by Crippen LogP contribution is 2.31. The third-order valence-electron chi connectivity index (χ3n) is 3.09. The Labute approximate surface area is 112 Å². The third kappa shape index (κ3) is 2.59. The SMILES string of the molecule is COc1cc(N)cc(N(C)C(C)c2cccs2)c1. The average Bonchev–Trinajstić information content (AvgIpc) is 2.90. The zero-order valence-electron chi connectivity index (χ0n) is 10.9. The van der Waals surface area contributed by atoms with Gasteiger partial charge in [0.1, 0.15) is 5.75 Å². The highest BCUT2D eigenvalue weighted by molar-refractivity contribution is 7.10. The van der Waals surface area contributed by atoms with Crippen LogP contribution in [0.1, 0.15) is 17.8 Å². The maximum absolute atomic E-state index is 5.89. The molecule has 1 aromatic heterocycles. The second-order valence-corrected chi connectivity index (χ2v) is 5.25. The van der Waals surface area contributed by atoms with Crippen LogP contribution in [0.2, 0.25) is 0 Å². The van der Waals surface area contributed by atoms with Gasteiger partial charge in [-0.25, -0.2) is 0 Å². The van der Waals surface area contributed by atoms with Crippen molar-refractivity contribution in [2.75, 3.05) is 24.8 Å². The number of rotatable bonds is 4. The molecule has 0 fully saturated rings. The average molecular weight is 262 g/mol. The quantitative estimate of drug-likeness (QED) is 0.857. The first kappa shape index (κ1) is 12.8. The van der Waals surface area contributed by atoms with Crippen molar-refractivity contribution < 1.29 is 4.74 Å². The number of hydrogen-bond acceptors (Lipinski definition) is 4. The van der Waals surface area contributed by atoms with Crippen LogP contribution in [0.15, 0.2) is 35.7 Å². The Morgan fingerprint density at radius 2 is 2.11 bits per heavy atom. The zero-order valence-corrected chi connectivity index (χ0v) is 11.7. The second kappa shape index (κ2) is 5.31. The van der Waals surface area contributed by atoms with E-state index in [9.17, 15) is 0 Å². The van der Waals surface area contributed by atoms with Crippen molar-refractivity contribution in [3.8, 4) is 5.75 Å². The summed E-state index contributed by atoms with van der Waals surface area (Å²) < 4.78 is 5.25. The Kier molecular flexibility index (Phi) is 3.77. The van der Waals surface area contributed by atoms with Gasteiger partial charge in [-0.05, 0) is 24.4 Å². The molecule has 96 valence electrons. The molecule has 1 heterocycles. The van der Waals surface area contributed by atoms with Gasteiger partial charge in [-0.3, -0.25) is 0 Å². The Balaban J connectivity index is 2.28. The number of nitrogens with zero attached hydrogens (tertiary/aromatic N) is 1. The van der Waals surface area contributed by atoms with Crippen molar-refractivity contribution in [2.45, 2.75) is 13.0 Å². The van der Waals surface area contributed by atoms with Crippen LogP contribution in [0.5, 0.6) is 5.75 Å². The molecule has 0 aliphatic rings. The summed E-state index contributed by atoms with van der Waals surface area (Å²) in [6.07, 6.45) is 0. The Morgan fingerprint density at radius 3 is 2.72 bits per heavy atom. The molecule has 0 spiro atoms. The minimum atomic E-state index is 0.316. The molecular weight excluding hydrogens is 244 g/mol. The van der Waals surface area contributed by atoms with Crippen molar-refractivity contribution in [3.63, 3.8) is 0 Å². The van der Waals surface area contributed by atoms with Crippen LogP contribution in [-0.4, -0.2) is 14.2 Å². The van der Waals surface area contributed by atoms with E-state index in [4.69, 9.17) is 10.5 Å². The van der Waals surface area contributed by atoms with Gasteiger partial charge in [0.25, 0.3) is 0 Å². The molecule has 2 rings (SSSR count). The predicted molar refractivity (Wildman–Crippen MR) is 78.5 cm³/mol. The molecule has 0 aliphatic heterocycles. The molecule has 2 N–H and O–H groups in total. The molecule has 0 aliphatic carbocycles. The molecule has 1 atom stereocenters. The highest BCUT2D eigenvalue weighted by Gasteiger charge is 2.14. The lowest BCUT2D eigenvalue weighted by Crippen LogP contribution is -2.20. The maximum Gasteiger partial charge on any atom is 0.122 e. The fraction of sp³-hybridized carbons (Fsp3) is 0.286. The maximum atomic E-state index is 5.89. The van der Waals surface area contributed by atoms with Crippen LogP contribution < -0.4 is 15.4 Å². The monoisotopic (exact) mass is 262 g/mol. The number of thiophene rings is 1. The summed E-state index contributed by atoms with van der Waals surface area (Å²) in [7, 11) is 3.72. The minimum Gasteiger partial charge on any atom is -0.497 e.